The van der Waals surface area contributed by atoms with E-state index >= 15 is 0 Å². The van der Waals surface area contributed by atoms with Crippen LogP contribution in [0.4, 0.5) is 0 Å². The molecule has 0 aliphatic heterocycles. The number of hydrogen-bond donors (Lipinski definition) is 3. The first-order chi connectivity index (χ1) is 20.7. The fourth-order valence-corrected chi connectivity index (χ4v) is 6.57. The van der Waals surface area contributed by atoms with Crippen LogP contribution in [-0.2, 0) is 14.4 Å². The summed E-state index contributed by atoms with van der Waals surface area (Å²) in [5, 5.41) is 29.5. The van der Waals surface area contributed by atoms with Gasteiger partial charge in [0.05, 0.1) is 26.2 Å². The number of rotatable bonds is 32. The van der Waals surface area contributed by atoms with Crippen LogP contribution in [0.25, 0.3) is 0 Å². The number of unbranched alkanes of at least 4 members (excludes halogenated alkanes) is 18. The highest BCUT2D eigenvalue weighted by atomic mass is 16.4. The molecular formula is C36H70NO6+. The molecule has 0 saturated carbocycles. The number of hydrogen-bond acceptors (Lipinski definition) is 3. The summed E-state index contributed by atoms with van der Waals surface area (Å²) < 4.78 is 0.263. The van der Waals surface area contributed by atoms with Gasteiger partial charge >= 0.3 is 17.9 Å². The molecule has 0 aliphatic carbocycles. The van der Waals surface area contributed by atoms with Crippen LogP contribution in [0.1, 0.15) is 169 Å². The van der Waals surface area contributed by atoms with Gasteiger partial charge in [-0.25, -0.2) is 0 Å². The maximum atomic E-state index is 12.0. The number of carbonyl (C=O) groups is 3. The van der Waals surface area contributed by atoms with Crippen molar-refractivity contribution in [1.29, 1.82) is 0 Å². The Hall–Kier alpha value is -1.63. The van der Waals surface area contributed by atoms with E-state index in [-0.39, 0.29) is 4.48 Å². The number of carboxylic acid groups (broad SMARTS) is 3. The standard InChI is InChI=1S/C36H69NO6/c1-5-9-10-11-12-13-14-15-16-17-18-19-20-21-22-23-24-25-26-27-37(28-31(6-2)34(38)39,29-32(7-3)35(40)41)30-33(8-4)36(42)43/h31-33H,5-30H2,1-4H3,(H2-,38,39,40,41,42,43)/p+1. The lowest BCUT2D eigenvalue weighted by atomic mass is 9.95. The molecule has 0 fully saturated rings. The van der Waals surface area contributed by atoms with Gasteiger partial charge in [0.25, 0.3) is 0 Å². The second kappa shape index (κ2) is 26.7. The number of aliphatic carboxylic acids is 3. The van der Waals surface area contributed by atoms with Gasteiger partial charge in [0.15, 0.2) is 0 Å². The van der Waals surface area contributed by atoms with Crippen molar-refractivity contribution in [3.05, 3.63) is 0 Å². The van der Waals surface area contributed by atoms with E-state index in [0.29, 0.717) is 45.4 Å². The molecule has 0 bridgehead atoms. The van der Waals surface area contributed by atoms with Crippen LogP contribution in [0.2, 0.25) is 0 Å². The molecule has 43 heavy (non-hydrogen) atoms. The van der Waals surface area contributed by atoms with Gasteiger partial charge in [-0.3, -0.25) is 14.4 Å². The Kier molecular flexibility index (Phi) is 25.7. The topological polar surface area (TPSA) is 112 Å². The van der Waals surface area contributed by atoms with Crippen molar-refractivity contribution in [1.82, 2.24) is 0 Å². The van der Waals surface area contributed by atoms with Crippen molar-refractivity contribution < 1.29 is 34.2 Å². The zero-order chi connectivity index (χ0) is 32.3. The Morgan fingerprint density at radius 1 is 0.419 bits per heavy atom. The van der Waals surface area contributed by atoms with Crippen LogP contribution in [0.5, 0.6) is 0 Å². The lowest BCUT2D eigenvalue weighted by Crippen LogP contribution is -2.58. The average molecular weight is 613 g/mol. The fraction of sp³-hybridized carbons (Fsp3) is 0.917. The predicted molar refractivity (Wildman–Crippen MR) is 177 cm³/mol. The minimum Gasteiger partial charge on any atom is -0.481 e. The van der Waals surface area contributed by atoms with Crippen molar-refractivity contribution in [3.8, 4) is 0 Å². The molecule has 0 heterocycles. The first-order valence-electron chi connectivity index (χ1n) is 18.2. The molecule has 0 rings (SSSR count). The Labute approximate surface area is 264 Å². The molecule has 0 amide bonds. The van der Waals surface area contributed by atoms with Crippen molar-refractivity contribution >= 4 is 17.9 Å². The highest BCUT2D eigenvalue weighted by Gasteiger charge is 2.40. The quantitative estimate of drug-likeness (QED) is 0.0515. The zero-order valence-electron chi connectivity index (χ0n) is 28.6. The van der Waals surface area contributed by atoms with E-state index in [9.17, 15) is 29.7 Å². The molecule has 0 spiro atoms. The smallest absolute Gasteiger partial charge is 0.312 e. The Balaban J connectivity index is 4.57. The van der Waals surface area contributed by atoms with E-state index in [1.807, 2.05) is 20.8 Å². The molecule has 7 nitrogen and oxygen atoms in total. The Bertz CT molecular complexity index is 652. The first-order valence-corrected chi connectivity index (χ1v) is 18.2. The van der Waals surface area contributed by atoms with E-state index < -0.39 is 35.7 Å². The molecule has 0 aromatic heterocycles. The van der Waals surface area contributed by atoms with Gasteiger partial charge in [0.1, 0.15) is 17.8 Å². The molecule has 254 valence electrons. The van der Waals surface area contributed by atoms with Crippen LogP contribution in [-0.4, -0.2) is 63.9 Å². The van der Waals surface area contributed by atoms with E-state index in [1.54, 1.807) is 0 Å². The van der Waals surface area contributed by atoms with Gasteiger partial charge in [0, 0.05) is 0 Å². The molecular weight excluding hydrogens is 542 g/mol. The molecule has 3 N–H and O–H groups in total. The largest absolute Gasteiger partial charge is 0.481 e. The first kappa shape index (κ1) is 41.4. The van der Waals surface area contributed by atoms with Gasteiger partial charge in [0.2, 0.25) is 0 Å². The summed E-state index contributed by atoms with van der Waals surface area (Å²) in [6, 6.07) is 0. The van der Waals surface area contributed by atoms with Gasteiger partial charge in [-0.15, -0.1) is 0 Å². The third-order valence-electron chi connectivity index (χ3n) is 9.59. The number of carboxylic acids is 3. The molecule has 0 aromatic carbocycles. The SMILES string of the molecule is CCCCCCCCCCCCCCCCCCCCC[N+](CC(CC)C(=O)O)(CC(CC)C(=O)O)CC(CC)C(=O)O. The lowest BCUT2D eigenvalue weighted by Gasteiger charge is -2.43. The third-order valence-corrected chi connectivity index (χ3v) is 9.59. The van der Waals surface area contributed by atoms with E-state index in [4.69, 9.17) is 0 Å². The van der Waals surface area contributed by atoms with E-state index in [1.165, 1.54) is 103 Å². The molecule has 3 unspecified atom stereocenters. The van der Waals surface area contributed by atoms with Gasteiger partial charge in [-0.1, -0.05) is 137 Å². The van der Waals surface area contributed by atoms with Gasteiger partial charge < -0.3 is 19.8 Å². The zero-order valence-corrected chi connectivity index (χ0v) is 28.6. The Morgan fingerprint density at radius 2 is 0.651 bits per heavy atom. The van der Waals surface area contributed by atoms with E-state index in [0.717, 1.165) is 19.3 Å². The van der Waals surface area contributed by atoms with Crippen LogP contribution < -0.4 is 0 Å². The third kappa shape index (κ3) is 20.9. The number of quaternary nitrogens is 1. The predicted octanol–water partition coefficient (Wildman–Crippen LogP) is 9.57. The molecule has 3 atom stereocenters. The normalized spacial score (nSPS) is 15.1. The minimum absolute atomic E-state index is 0.263. The van der Waals surface area contributed by atoms with Crippen LogP contribution in [0.15, 0.2) is 0 Å². The van der Waals surface area contributed by atoms with E-state index in [2.05, 4.69) is 6.92 Å². The average Bonchev–Trinajstić information content (AvgIpc) is 2.98. The summed E-state index contributed by atoms with van der Waals surface area (Å²) in [7, 11) is 0. The second-order valence-electron chi connectivity index (χ2n) is 13.3. The van der Waals surface area contributed by atoms with Crippen LogP contribution in [0.3, 0.4) is 0 Å². The Morgan fingerprint density at radius 3 is 0.860 bits per heavy atom. The minimum atomic E-state index is -0.884. The molecule has 0 aromatic rings. The van der Waals surface area contributed by atoms with Crippen molar-refractivity contribution in [3.63, 3.8) is 0 Å². The fourth-order valence-electron chi connectivity index (χ4n) is 6.57. The van der Waals surface area contributed by atoms with Gasteiger partial charge in [-0.05, 0) is 32.1 Å². The highest BCUT2D eigenvalue weighted by Crippen LogP contribution is 2.25. The summed E-state index contributed by atoms with van der Waals surface area (Å²) in [6.07, 6.45) is 26.0. The molecule has 0 radical (unpaired) electrons. The lowest BCUT2D eigenvalue weighted by molar-refractivity contribution is -0.935. The molecule has 7 heteroatoms. The second-order valence-corrected chi connectivity index (χ2v) is 13.3. The summed E-state index contributed by atoms with van der Waals surface area (Å²) in [5.74, 6) is -4.49. The highest BCUT2D eigenvalue weighted by molar-refractivity contribution is 5.71. The van der Waals surface area contributed by atoms with Crippen LogP contribution >= 0.6 is 0 Å². The van der Waals surface area contributed by atoms with Crippen LogP contribution in [0, 0.1) is 17.8 Å². The van der Waals surface area contributed by atoms with Crippen molar-refractivity contribution in [2.24, 2.45) is 17.8 Å². The monoisotopic (exact) mass is 613 g/mol. The molecule has 0 saturated heterocycles. The maximum Gasteiger partial charge on any atom is 0.312 e. The summed E-state index contributed by atoms with van der Waals surface area (Å²) in [5.41, 5.74) is 0. The van der Waals surface area contributed by atoms with Crippen molar-refractivity contribution in [2.45, 2.75) is 169 Å². The van der Waals surface area contributed by atoms with Gasteiger partial charge in [-0.2, -0.15) is 0 Å². The summed E-state index contributed by atoms with van der Waals surface area (Å²) in [4.78, 5) is 36.0. The molecule has 0 aliphatic rings. The number of nitrogens with zero attached hydrogens (tertiary/aromatic N) is 1. The van der Waals surface area contributed by atoms with Crippen molar-refractivity contribution in [2.75, 3.05) is 26.2 Å². The summed E-state index contributed by atoms with van der Waals surface area (Å²) >= 11 is 0. The maximum absolute atomic E-state index is 12.0. The summed E-state index contributed by atoms with van der Waals surface area (Å²) in [6.45, 7) is 9.30.